The van der Waals surface area contributed by atoms with Gasteiger partial charge in [0.05, 0.1) is 11.0 Å². The van der Waals surface area contributed by atoms with Gasteiger partial charge in [-0.2, -0.15) is 0 Å². The van der Waals surface area contributed by atoms with Crippen molar-refractivity contribution in [1.82, 2.24) is 9.71 Å². The van der Waals surface area contributed by atoms with Crippen LogP contribution in [0.3, 0.4) is 0 Å². The molecule has 0 amide bonds. The molecule has 0 bridgehead atoms. The topological polar surface area (TPSA) is 85.1 Å². The summed E-state index contributed by atoms with van der Waals surface area (Å²) in [5.74, 6) is 0. The van der Waals surface area contributed by atoms with Crippen molar-refractivity contribution in [3.8, 4) is 0 Å². The monoisotopic (exact) mass is 293 g/mol. The molecule has 1 rings (SSSR count). The molecule has 96 valence electrons. The smallest absolute Gasteiger partial charge is 0.221 e. The highest BCUT2D eigenvalue weighted by Gasteiger charge is 2.28. The quantitative estimate of drug-likeness (QED) is 0.770. The lowest BCUT2D eigenvalue weighted by Gasteiger charge is -2.18. The molecule has 2 unspecified atom stereocenters. The standard InChI is InChI=1S/C9H15N3O2S3/c1-3-7(8(10)15)17(13,14)12-6(2)9-11-4-5-16-9/h4-7,12H,3H2,1-2H3,(H2,10,15). The maximum atomic E-state index is 12.0. The van der Waals surface area contributed by atoms with Gasteiger partial charge in [0.1, 0.15) is 10.3 Å². The minimum Gasteiger partial charge on any atom is -0.392 e. The van der Waals surface area contributed by atoms with Gasteiger partial charge in [-0.25, -0.2) is 18.1 Å². The molecule has 5 nitrogen and oxygen atoms in total. The van der Waals surface area contributed by atoms with Gasteiger partial charge in [-0.3, -0.25) is 0 Å². The SMILES string of the molecule is CCC(C(N)=S)S(=O)(=O)NC(C)c1nccs1. The average Bonchev–Trinajstić information content (AvgIpc) is 2.68. The fourth-order valence-corrected chi connectivity index (χ4v) is 4.18. The van der Waals surface area contributed by atoms with Crippen molar-refractivity contribution in [1.29, 1.82) is 0 Å². The predicted molar refractivity (Wildman–Crippen MR) is 73.4 cm³/mol. The first kappa shape index (κ1) is 14.5. The number of rotatable bonds is 6. The summed E-state index contributed by atoms with van der Waals surface area (Å²) in [5.41, 5.74) is 5.43. The molecule has 0 aromatic carbocycles. The molecule has 1 aromatic heterocycles. The van der Waals surface area contributed by atoms with Crippen LogP contribution in [0.4, 0.5) is 0 Å². The molecule has 0 aliphatic carbocycles. The molecule has 0 saturated carbocycles. The van der Waals surface area contributed by atoms with Crippen molar-refractivity contribution in [2.24, 2.45) is 5.73 Å². The Morgan fingerprint density at radius 2 is 2.35 bits per heavy atom. The van der Waals surface area contributed by atoms with Crippen LogP contribution in [0.25, 0.3) is 0 Å². The van der Waals surface area contributed by atoms with Crippen LogP contribution < -0.4 is 10.5 Å². The van der Waals surface area contributed by atoms with Crippen LogP contribution in [0.2, 0.25) is 0 Å². The van der Waals surface area contributed by atoms with E-state index in [-0.39, 0.29) is 11.0 Å². The van der Waals surface area contributed by atoms with E-state index in [2.05, 4.69) is 9.71 Å². The number of sulfonamides is 1. The summed E-state index contributed by atoms with van der Waals surface area (Å²) in [4.78, 5) is 4.05. The summed E-state index contributed by atoms with van der Waals surface area (Å²) in [5, 5.41) is 1.68. The minimum absolute atomic E-state index is 0.00802. The van der Waals surface area contributed by atoms with E-state index < -0.39 is 15.3 Å². The molecule has 17 heavy (non-hydrogen) atoms. The highest BCUT2D eigenvalue weighted by molar-refractivity contribution is 7.93. The summed E-state index contributed by atoms with van der Waals surface area (Å²) >= 11 is 6.16. The zero-order valence-corrected chi connectivity index (χ0v) is 12.0. The Bertz CT molecular complexity index is 470. The van der Waals surface area contributed by atoms with Gasteiger partial charge in [-0.05, 0) is 13.3 Å². The lowest BCUT2D eigenvalue weighted by Crippen LogP contribution is -2.42. The van der Waals surface area contributed by atoms with E-state index in [0.29, 0.717) is 11.4 Å². The molecule has 0 fully saturated rings. The number of thiocarbonyl (C=S) groups is 1. The van der Waals surface area contributed by atoms with E-state index in [1.807, 2.05) is 0 Å². The van der Waals surface area contributed by atoms with Crippen molar-refractivity contribution >= 4 is 38.6 Å². The maximum absolute atomic E-state index is 12.0. The zero-order chi connectivity index (χ0) is 13.1. The fraction of sp³-hybridized carbons (Fsp3) is 0.556. The molecule has 8 heteroatoms. The van der Waals surface area contributed by atoms with Crippen molar-refractivity contribution in [2.45, 2.75) is 31.6 Å². The fourth-order valence-electron chi connectivity index (χ4n) is 1.40. The number of aromatic nitrogens is 1. The van der Waals surface area contributed by atoms with E-state index in [9.17, 15) is 8.42 Å². The zero-order valence-electron chi connectivity index (χ0n) is 9.58. The van der Waals surface area contributed by atoms with Crippen LogP contribution in [-0.4, -0.2) is 23.6 Å². The van der Waals surface area contributed by atoms with E-state index in [4.69, 9.17) is 18.0 Å². The Morgan fingerprint density at radius 3 is 2.76 bits per heavy atom. The Labute approximate surface area is 110 Å². The number of hydrogen-bond donors (Lipinski definition) is 2. The van der Waals surface area contributed by atoms with E-state index in [1.54, 1.807) is 25.4 Å². The van der Waals surface area contributed by atoms with Gasteiger partial charge >= 0.3 is 0 Å². The number of nitrogens with one attached hydrogen (secondary N) is 1. The third kappa shape index (κ3) is 3.70. The van der Waals surface area contributed by atoms with Crippen molar-refractivity contribution in [2.75, 3.05) is 0 Å². The van der Waals surface area contributed by atoms with Gasteiger partial charge in [-0.15, -0.1) is 11.3 Å². The second-order valence-electron chi connectivity index (χ2n) is 3.55. The van der Waals surface area contributed by atoms with E-state index in [1.165, 1.54) is 11.3 Å². The first-order valence-electron chi connectivity index (χ1n) is 5.08. The number of thiazole rings is 1. The van der Waals surface area contributed by atoms with Crippen LogP contribution in [0, 0.1) is 0 Å². The third-order valence-corrected chi connectivity index (χ3v) is 5.64. The average molecular weight is 293 g/mol. The summed E-state index contributed by atoms with van der Waals surface area (Å²) in [6.07, 6.45) is 1.99. The molecule has 0 saturated heterocycles. The third-order valence-electron chi connectivity index (χ3n) is 2.23. The van der Waals surface area contributed by atoms with Gasteiger partial charge in [-0.1, -0.05) is 19.1 Å². The van der Waals surface area contributed by atoms with Gasteiger partial charge in [0.15, 0.2) is 0 Å². The molecular weight excluding hydrogens is 278 g/mol. The second kappa shape index (κ2) is 5.85. The summed E-state index contributed by atoms with van der Waals surface area (Å²) < 4.78 is 26.6. The Morgan fingerprint density at radius 1 is 1.71 bits per heavy atom. The van der Waals surface area contributed by atoms with E-state index >= 15 is 0 Å². The maximum Gasteiger partial charge on any atom is 0.221 e. The second-order valence-corrected chi connectivity index (χ2v) is 6.85. The first-order valence-corrected chi connectivity index (χ1v) is 7.91. The van der Waals surface area contributed by atoms with Crippen molar-refractivity contribution in [3.05, 3.63) is 16.6 Å². The predicted octanol–water partition coefficient (Wildman–Crippen LogP) is 1.19. The molecule has 3 N–H and O–H groups in total. The molecule has 1 aromatic rings. The molecule has 0 aliphatic rings. The number of nitrogens with zero attached hydrogens (tertiary/aromatic N) is 1. The summed E-state index contributed by atoms with van der Waals surface area (Å²) in [7, 11) is -3.55. The van der Waals surface area contributed by atoms with Crippen LogP contribution in [0.15, 0.2) is 11.6 Å². The van der Waals surface area contributed by atoms with Crippen LogP contribution in [0.1, 0.15) is 31.3 Å². The van der Waals surface area contributed by atoms with Crippen LogP contribution in [-0.2, 0) is 10.0 Å². The van der Waals surface area contributed by atoms with E-state index in [0.717, 1.165) is 0 Å². The van der Waals surface area contributed by atoms with Gasteiger partial charge in [0.25, 0.3) is 0 Å². The van der Waals surface area contributed by atoms with Crippen LogP contribution >= 0.6 is 23.6 Å². The lowest BCUT2D eigenvalue weighted by molar-refractivity contribution is 0.559. The highest BCUT2D eigenvalue weighted by atomic mass is 32.2. The molecule has 2 atom stereocenters. The van der Waals surface area contributed by atoms with Crippen molar-refractivity contribution in [3.63, 3.8) is 0 Å². The van der Waals surface area contributed by atoms with Gasteiger partial charge in [0, 0.05) is 11.6 Å². The molecule has 0 radical (unpaired) electrons. The normalized spacial score (nSPS) is 15.4. The first-order chi connectivity index (χ1) is 7.88. The van der Waals surface area contributed by atoms with Gasteiger partial charge in [0.2, 0.25) is 10.0 Å². The van der Waals surface area contributed by atoms with Crippen molar-refractivity contribution < 1.29 is 8.42 Å². The van der Waals surface area contributed by atoms with Crippen LogP contribution in [0.5, 0.6) is 0 Å². The Balaban J connectivity index is 2.83. The Hall–Kier alpha value is -0.570. The van der Waals surface area contributed by atoms with Gasteiger partial charge < -0.3 is 5.73 Å². The summed E-state index contributed by atoms with van der Waals surface area (Å²) in [6, 6.07) is -0.372. The number of hydrogen-bond acceptors (Lipinski definition) is 5. The molecular formula is C9H15N3O2S3. The minimum atomic E-state index is -3.55. The summed E-state index contributed by atoms with van der Waals surface area (Å²) in [6.45, 7) is 3.47. The number of nitrogens with two attached hydrogens (primary N) is 1. The molecule has 0 aliphatic heterocycles. The Kier molecular flexibility index (Phi) is 4.99. The largest absolute Gasteiger partial charge is 0.392 e. The highest BCUT2D eigenvalue weighted by Crippen LogP contribution is 2.17. The lowest BCUT2D eigenvalue weighted by atomic mass is 10.3. The molecule has 0 spiro atoms. The molecule has 1 heterocycles.